The van der Waals surface area contributed by atoms with E-state index in [2.05, 4.69) is 15.3 Å². The van der Waals surface area contributed by atoms with Crippen LogP contribution in [-0.2, 0) is 12.6 Å². The predicted molar refractivity (Wildman–Crippen MR) is 66.9 cm³/mol. The molecular formula is C13H14F3N3. The van der Waals surface area contributed by atoms with Crippen LogP contribution in [0.2, 0.25) is 0 Å². The van der Waals surface area contributed by atoms with Crippen molar-refractivity contribution in [2.24, 2.45) is 0 Å². The lowest BCUT2D eigenvalue weighted by Crippen LogP contribution is -2.14. The lowest BCUT2D eigenvalue weighted by atomic mass is 10.1. The molecule has 0 atom stereocenters. The third kappa shape index (κ3) is 2.84. The molecule has 0 fully saturated rings. The summed E-state index contributed by atoms with van der Waals surface area (Å²) in [6.45, 7) is 2.33. The van der Waals surface area contributed by atoms with E-state index >= 15 is 0 Å². The number of hydrogen-bond acceptors (Lipinski definition) is 3. The molecule has 2 rings (SSSR count). The van der Waals surface area contributed by atoms with E-state index in [0.717, 1.165) is 6.07 Å². The Labute approximate surface area is 108 Å². The second-order valence-corrected chi connectivity index (χ2v) is 4.28. The molecule has 0 radical (unpaired) electrons. The Bertz CT molecular complexity index is 593. The summed E-state index contributed by atoms with van der Waals surface area (Å²) >= 11 is 0. The first kappa shape index (κ1) is 13.7. The van der Waals surface area contributed by atoms with Crippen LogP contribution in [0.15, 0.2) is 18.2 Å². The Morgan fingerprint density at radius 1 is 1.21 bits per heavy atom. The van der Waals surface area contributed by atoms with Gasteiger partial charge in [0.2, 0.25) is 0 Å². The van der Waals surface area contributed by atoms with Crippen molar-refractivity contribution in [3.8, 4) is 0 Å². The number of alkyl halides is 3. The maximum atomic E-state index is 13.0. The number of para-hydroxylation sites is 1. The second-order valence-electron chi connectivity index (χ2n) is 4.28. The van der Waals surface area contributed by atoms with E-state index in [-0.39, 0.29) is 5.52 Å². The van der Waals surface area contributed by atoms with Gasteiger partial charge in [-0.15, -0.1) is 0 Å². The number of benzene rings is 1. The van der Waals surface area contributed by atoms with Crippen LogP contribution in [0.4, 0.5) is 13.2 Å². The molecule has 3 nitrogen and oxygen atoms in total. The summed E-state index contributed by atoms with van der Waals surface area (Å²) in [5, 5.41) is 3.37. The average Bonchev–Trinajstić information content (AvgIpc) is 2.34. The van der Waals surface area contributed by atoms with E-state index in [9.17, 15) is 13.2 Å². The smallest absolute Gasteiger partial charge is 0.319 e. The molecule has 0 aliphatic heterocycles. The molecule has 1 heterocycles. The Kier molecular flexibility index (Phi) is 3.71. The molecule has 102 valence electrons. The average molecular weight is 269 g/mol. The zero-order valence-electron chi connectivity index (χ0n) is 10.7. The van der Waals surface area contributed by atoms with E-state index in [1.807, 2.05) is 0 Å². The number of nitrogens with zero attached hydrogens (tertiary/aromatic N) is 2. The van der Waals surface area contributed by atoms with Crippen LogP contribution in [0.25, 0.3) is 10.9 Å². The molecule has 1 aromatic carbocycles. The third-order valence-corrected chi connectivity index (χ3v) is 2.87. The van der Waals surface area contributed by atoms with Crippen molar-refractivity contribution < 1.29 is 13.2 Å². The van der Waals surface area contributed by atoms with E-state index in [1.165, 1.54) is 6.07 Å². The van der Waals surface area contributed by atoms with Crippen molar-refractivity contribution in [2.45, 2.75) is 19.5 Å². The molecule has 0 saturated heterocycles. The number of halogens is 3. The first-order chi connectivity index (χ1) is 8.93. The van der Waals surface area contributed by atoms with E-state index in [4.69, 9.17) is 0 Å². The monoisotopic (exact) mass is 269 g/mol. The number of rotatable bonds is 3. The minimum Gasteiger partial charge on any atom is -0.319 e. The fourth-order valence-corrected chi connectivity index (χ4v) is 1.94. The quantitative estimate of drug-likeness (QED) is 0.931. The van der Waals surface area contributed by atoms with Crippen molar-refractivity contribution in [1.29, 1.82) is 0 Å². The van der Waals surface area contributed by atoms with Crippen molar-refractivity contribution in [3.05, 3.63) is 35.3 Å². The number of aromatic nitrogens is 2. The highest BCUT2D eigenvalue weighted by Gasteiger charge is 2.33. The van der Waals surface area contributed by atoms with Gasteiger partial charge in [0.15, 0.2) is 0 Å². The zero-order valence-corrected chi connectivity index (χ0v) is 10.7. The number of nitrogens with one attached hydrogen (secondary N) is 1. The highest BCUT2D eigenvalue weighted by atomic mass is 19.4. The molecule has 2 aromatic rings. The Morgan fingerprint density at radius 3 is 2.58 bits per heavy atom. The first-order valence-electron chi connectivity index (χ1n) is 5.91. The van der Waals surface area contributed by atoms with Gasteiger partial charge in [0.25, 0.3) is 0 Å². The standard InChI is InChI=1S/C13H14F3N3/c1-8-9-4-3-5-10(13(14,15)16)12(9)19-11(18-8)6-7-17-2/h3-5,17H,6-7H2,1-2H3. The highest BCUT2D eigenvalue weighted by Crippen LogP contribution is 2.34. The largest absolute Gasteiger partial charge is 0.418 e. The molecule has 0 bridgehead atoms. The van der Waals surface area contributed by atoms with Gasteiger partial charge in [0.1, 0.15) is 5.82 Å². The van der Waals surface area contributed by atoms with Gasteiger partial charge >= 0.3 is 6.18 Å². The number of hydrogen-bond donors (Lipinski definition) is 1. The zero-order chi connectivity index (χ0) is 14.0. The van der Waals surface area contributed by atoms with Crippen molar-refractivity contribution >= 4 is 10.9 Å². The number of fused-ring (bicyclic) bond motifs is 1. The minimum absolute atomic E-state index is 0.0198. The summed E-state index contributed by atoms with van der Waals surface area (Å²) in [6.07, 6.45) is -3.90. The minimum atomic E-state index is -4.40. The molecule has 0 aliphatic carbocycles. The Morgan fingerprint density at radius 2 is 1.95 bits per heavy atom. The molecule has 0 unspecified atom stereocenters. The molecule has 6 heteroatoms. The van der Waals surface area contributed by atoms with Gasteiger partial charge in [-0.25, -0.2) is 9.97 Å². The fraction of sp³-hybridized carbons (Fsp3) is 0.385. The number of likely N-dealkylation sites (N-methyl/N-ethyl adjacent to an activating group) is 1. The molecular weight excluding hydrogens is 255 g/mol. The first-order valence-corrected chi connectivity index (χ1v) is 5.91. The predicted octanol–water partition coefficient (Wildman–Crippen LogP) is 2.72. The SMILES string of the molecule is CNCCc1nc(C)c2cccc(C(F)(F)F)c2n1. The van der Waals surface area contributed by atoms with E-state index in [1.54, 1.807) is 20.0 Å². The van der Waals surface area contributed by atoms with Crippen LogP contribution in [0.1, 0.15) is 17.1 Å². The van der Waals surface area contributed by atoms with Crippen molar-refractivity contribution in [1.82, 2.24) is 15.3 Å². The van der Waals surface area contributed by atoms with Gasteiger partial charge in [-0.1, -0.05) is 12.1 Å². The maximum absolute atomic E-state index is 13.0. The molecule has 0 spiro atoms. The fourth-order valence-electron chi connectivity index (χ4n) is 1.94. The normalized spacial score (nSPS) is 12.1. The summed E-state index contributed by atoms with van der Waals surface area (Å²) < 4.78 is 38.9. The molecule has 0 aliphatic rings. The molecule has 0 amide bonds. The second kappa shape index (κ2) is 5.13. The topological polar surface area (TPSA) is 37.8 Å². The summed E-state index contributed by atoms with van der Waals surface area (Å²) in [5.41, 5.74) is -0.156. The summed E-state index contributed by atoms with van der Waals surface area (Å²) in [7, 11) is 1.77. The number of aryl methyl sites for hydroxylation is 1. The van der Waals surface area contributed by atoms with Crippen LogP contribution in [0.5, 0.6) is 0 Å². The van der Waals surface area contributed by atoms with Crippen LogP contribution >= 0.6 is 0 Å². The van der Waals surface area contributed by atoms with Gasteiger partial charge in [0.05, 0.1) is 11.1 Å². The van der Waals surface area contributed by atoms with Crippen LogP contribution < -0.4 is 5.32 Å². The maximum Gasteiger partial charge on any atom is 0.418 e. The highest BCUT2D eigenvalue weighted by molar-refractivity contribution is 5.84. The molecule has 1 aromatic heterocycles. The van der Waals surface area contributed by atoms with E-state index < -0.39 is 11.7 Å². The molecule has 1 N–H and O–H groups in total. The van der Waals surface area contributed by atoms with Gasteiger partial charge < -0.3 is 5.32 Å². The van der Waals surface area contributed by atoms with Crippen LogP contribution in [0.3, 0.4) is 0 Å². The van der Waals surface area contributed by atoms with Crippen LogP contribution in [-0.4, -0.2) is 23.6 Å². The van der Waals surface area contributed by atoms with E-state index in [0.29, 0.717) is 29.9 Å². The summed E-state index contributed by atoms with van der Waals surface area (Å²) in [5.74, 6) is 0.427. The van der Waals surface area contributed by atoms with Gasteiger partial charge in [-0.3, -0.25) is 0 Å². The van der Waals surface area contributed by atoms with Gasteiger partial charge in [0, 0.05) is 24.0 Å². The third-order valence-electron chi connectivity index (χ3n) is 2.87. The summed E-state index contributed by atoms with van der Waals surface area (Å²) in [6, 6.07) is 4.05. The molecule has 19 heavy (non-hydrogen) atoms. The Hall–Kier alpha value is -1.69. The molecule has 0 saturated carbocycles. The summed E-state index contributed by atoms with van der Waals surface area (Å²) in [4.78, 5) is 8.31. The van der Waals surface area contributed by atoms with Gasteiger partial charge in [-0.2, -0.15) is 13.2 Å². The van der Waals surface area contributed by atoms with Crippen molar-refractivity contribution in [3.63, 3.8) is 0 Å². The lowest BCUT2D eigenvalue weighted by molar-refractivity contribution is -0.136. The lowest BCUT2D eigenvalue weighted by Gasteiger charge is -2.12. The Balaban J connectivity index is 2.62. The van der Waals surface area contributed by atoms with Gasteiger partial charge in [-0.05, 0) is 20.0 Å². The van der Waals surface area contributed by atoms with Crippen LogP contribution in [0, 0.1) is 6.92 Å². The van der Waals surface area contributed by atoms with Crippen molar-refractivity contribution in [2.75, 3.05) is 13.6 Å².